The first kappa shape index (κ1) is 22.1. The molecule has 1 amide bonds. The van der Waals surface area contributed by atoms with Crippen molar-refractivity contribution in [1.29, 1.82) is 0 Å². The number of nitrogens with one attached hydrogen (secondary N) is 2. The van der Waals surface area contributed by atoms with E-state index >= 15 is 0 Å². The number of carbonyl (C=O) groups excluding carboxylic acids is 1. The second kappa shape index (κ2) is 8.82. The number of pyridine rings is 1. The van der Waals surface area contributed by atoms with Crippen LogP contribution in [0.15, 0.2) is 42.6 Å². The van der Waals surface area contributed by atoms with E-state index in [1.54, 1.807) is 7.11 Å². The highest BCUT2D eigenvalue weighted by molar-refractivity contribution is 6.01. The number of ether oxygens (including phenoxy) is 1. The molecule has 0 atom stereocenters. The normalized spacial score (nSPS) is 19.0. The Morgan fingerprint density at radius 3 is 2.59 bits per heavy atom. The summed E-state index contributed by atoms with van der Waals surface area (Å²) in [5, 5.41) is 6.77. The lowest BCUT2D eigenvalue weighted by atomic mass is 9.91. The van der Waals surface area contributed by atoms with E-state index in [-0.39, 0.29) is 23.5 Å². The van der Waals surface area contributed by atoms with E-state index in [0.29, 0.717) is 11.2 Å². The molecule has 32 heavy (non-hydrogen) atoms. The Kier molecular flexibility index (Phi) is 6.11. The number of imidazole rings is 1. The minimum Gasteiger partial charge on any atom is -0.497 e. The van der Waals surface area contributed by atoms with Crippen molar-refractivity contribution in [3.05, 3.63) is 48.2 Å². The van der Waals surface area contributed by atoms with Crippen LogP contribution in [0.25, 0.3) is 16.9 Å². The van der Waals surface area contributed by atoms with Gasteiger partial charge in [0.15, 0.2) is 5.65 Å². The quantitative estimate of drug-likeness (QED) is 0.558. The highest BCUT2D eigenvalue weighted by atomic mass is 16.5. The number of nitrogens with zero attached hydrogens (tertiary/aromatic N) is 2. The van der Waals surface area contributed by atoms with Gasteiger partial charge in [-0.05, 0) is 70.7 Å². The molecule has 2 heterocycles. The van der Waals surface area contributed by atoms with Crippen LogP contribution < -0.4 is 21.1 Å². The molecule has 170 valence electrons. The third-order valence-electron chi connectivity index (χ3n) is 5.84. The second-order valence-electron chi connectivity index (χ2n) is 9.62. The zero-order chi connectivity index (χ0) is 22.9. The lowest BCUT2D eigenvalue weighted by Crippen LogP contribution is -2.40. The number of amides is 1. The molecule has 1 aromatic carbocycles. The van der Waals surface area contributed by atoms with Gasteiger partial charge in [0.1, 0.15) is 17.3 Å². The molecule has 4 N–H and O–H groups in total. The first-order chi connectivity index (χ1) is 15.2. The maximum Gasteiger partial charge on any atom is 0.255 e. The Morgan fingerprint density at radius 2 is 1.91 bits per heavy atom. The first-order valence-corrected chi connectivity index (χ1v) is 11.3. The molecule has 0 radical (unpaired) electrons. The van der Waals surface area contributed by atoms with Crippen LogP contribution in [0.4, 0.5) is 5.82 Å². The van der Waals surface area contributed by atoms with Crippen molar-refractivity contribution >= 4 is 17.4 Å². The number of carbonyl (C=O) groups is 1. The largest absolute Gasteiger partial charge is 0.497 e. The summed E-state index contributed by atoms with van der Waals surface area (Å²) in [6.45, 7) is 6.31. The second-order valence-corrected chi connectivity index (χ2v) is 9.62. The fraction of sp³-hybridized carbons (Fsp3) is 0.440. The molecule has 0 bridgehead atoms. The molecule has 0 spiro atoms. The number of hydrogen-bond donors (Lipinski definition) is 3. The summed E-state index contributed by atoms with van der Waals surface area (Å²) in [7, 11) is 1.65. The molecule has 2 aromatic heterocycles. The predicted octanol–water partition coefficient (Wildman–Crippen LogP) is 4.22. The monoisotopic (exact) mass is 435 g/mol. The third kappa shape index (κ3) is 4.72. The zero-order valence-electron chi connectivity index (χ0n) is 19.3. The van der Waals surface area contributed by atoms with Crippen LogP contribution in [-0.2, 0) is 0 Å². The molecule has 4 rings (SSSR count). The lowest BCUT2D eigenvalue weighted by Gasteiger charge is -2.26. The van der Waals surface area contributed by atoms with Crippen molar-refractivity contribution in [3.8, 4) is 17.0 Å². The molecule has 1 fully saturated rings. The molecule has 0 aliphatic heterocycles. The van der Waals surface area contributed by atoms with Crippen molar-refractivity contribution in [2.24, 2.45) is 5.73 Å². The van der Waals surface area contributed by atoms with Gasteiger partial charge >= 0.3 is 0 Å². The maximum absolute atomic E-state index is 13.2. The van der Waals surface area contributed by atoms with Crippen LogP contribution in [0.3, 0.4) is 0 Å². The molecular weight excluding hydrogens is 402 g/mol. The summed E-state index contributed by atoms with van der Waals surface area (Å²) in [6.07, 6.45) is 5.65. The van der Waals surface area contributed by atoms with Gasteiger partial charge in [0, 0.05) is 29.4 Å². The van der Waals surface area contributed by atoms with Crippen LogP contribution in [-0.4, -0.2) is 40.0 Å². The Bertz CT molecular complexity index is 1110. The number of fused-ring (bicyclic) bond motifs is 1. The van der Waals surface area contributed by atoms with E-state index in [9.17, 15) is 4.79 Å². The maximum atomic E-state index is 13.2. The van der Waals surface area contributed by atoms with E-state index in [2.05, 4.69) is 31.4 Å². The molecule has 0 saturated heterocycles. The van der Waals surface area contributed by atoms with Crippen LogP contribution >= 0.6 is 0 Å². The Morgan fingerprint density at radius 1 is 1.16 bits per heavy atom. The van der Waals surface area contributed by atoms with Gasteiger partial charge in [-0.3, -0.25) is 9.20 Å². The number of aromatic nitrogens is 2. The smallest absolute Gasteiger partial charge is 0.255 e. The number of nitrogens with two attached hydrogens (primary N) is 1. The summed E-state index contributed by atoms with van der Waals surface area (Å²) in [6, 6.07) is 11.9. The van der Waals surface area contributed by atoms with Crippen LogP contribution in [0.5, 0.6) is 5.75 Å². The average Bonchev–Trinajstić information content (AvgIpc) is 3.12. The molecular formula is C25H33N5O2. The minimum atomic E-state index is -0.192. The number of methoxy groups -OCH3 is 1. The van der Waals surface area contributed by atoms with Crippen LogP contribution in [0, 0.1) is 0 Å². The minimum absolute atomic E-state index is 0.0967. The van der Waals surface area contributed by atoms with E-state index in [1.807, 2.05) is 47.0 Å². The van der Waals surface area contributed by atoms with Gasteiger partial charge < -0.3 is 21.1 Å². The van der Waals surface area contributed by atoms with Crippen LogP contribution in [0.1, 0.15) is 56.8 Å². The van der Waals surface area contributed by atoms with E-state index in [4.69, 9.17) is 15.5 Å². The topological polar surface area (TPSA) is 93.7 Å². The van der Waals surface area contributed by atoms with Gasteiger partial charge in [0.25, 0.3) is 5.91 Å². The predicted molar refractivity (Wildman–Crippen MR) is 128 cm³/mol. The summed E-state index contributed by atoms with van der Waals surface area (Å²) < 4.78 is 7.38. The van der Waals surface area contributed by atoms with Crippen molar-refractivity contribution < 1.29 is 9.53 Å². The van der Waals surface area contributed by atoms with Gasteiger partial charge in [-0.25, -0.2) is 4.98 Å². The highest BCUT2D eigenvalue weighted by Crippen LogP contribution is 2.33. The summed E-state index contributed by atoms with van der Waals surface area (Å²) in [4.78, 5) is 18.1. The number of hydrogen-bond acceptors (Lipinski definition) is 5. The van der Waals surface area contributed by atoms with Gasteiger partial charge in [0.05, 0.1) is 12.7 Å². The van der Waals surface area contributed by atoms with E-state index in [1.165, 1.54) is 0 Å². The lowest BCUT2D eigenvalue weighted by molar-refractivity contribution is 0.0927. The third-order valence-corrected chi connectivity index (χ3v) is 5.84. The standard InChI is InChI=1S/C25H33N5O2/c1-25(2,3)29-23-21(16-7-5-8-19(15-16)32-4)28-22-20(9-6-14-30(22)23)24(31)27-18-12-10-17(26)11-13-18/h5-9,14-15,17-18,29H,10-13,26H2,1-4H3,(H,27,31). The van der Waals surface area contributed by atoms with Crippen molar-refractivity contribution in [1.82, 2.24) is 14.7 Å². The average molecular weight is 436 g/mol. The zero-order valence-corrected chi connectivity index (χ0v) is 19.3. The fourth-order valence-electron chi connectivity index (χ4n) is 4.22. The number of benzene rings is 1. The molecule has 1 aliphatic carbocycles. The molecule has 7 nitrogen and oxygen atoms in total. The highest BCUT2D eigenvalue weighted by Gasteiger charge is 2.25. The summed E-state index contributed by atoms with van der Waals surface area (Å²) >= 11 is 0. The molecule has 1 saturated carbocycles. The molecule has 0 unspecified atom stereocenters. The van der Waals surface area contributed by atoms with Gasteiger partial charge in [-0.2, -0.15) is 0 Å². The van der Waals surface area contributed by atoms with E-state index < -0.39 is 0 Å². The Hall–Kier alpha value is -3.06. The van der Waals surface area contributed by atoms with Crippen molar-refractivity contribution in [2.75, 3.05) is 12.4 Å². The molecule has 7 heteroatoms. The Balaban J connectivity index is 1.76. The van der Waals surface area contributed by atoms with Gasteiger partial charge in [-0.15, -0.1) is 0 Å². The molecule has 1 aliphatic rings. The molecule has 3 aromatic rings. The van der Waals surface area contributed by atoms with Crippen LogP contribution in [0.2, 0.25) is 0 Å². The van der Waals surface area contributed by atoms with Gasteiger partial charge in [-0.1, -0.05) is 12.1 Å². The summed E-state index contributed by atoms with van der Waals surface area (Å²) in [5.74, 6) is 1.51. The van der Waals surface area contributed by atoms with Gasteiger partial charge in [0.2, 0.25) is 0 Å². The van der Waals surface area contributed by atoms with Crippen molar-refractivity contribution in [2.45, 2.75) is 64.1 Å². The first-order valence-electron chi connectivity index (χ1n) is 11.3. The number of anilines is 1. The number of rotatable bonds is 5. The van der Waals surface area contributed by atoms with E-state index in [0.717, 1.165) is 48.5 Å². The fourth-order valence-corrected chi connectivity index (χ4v) is 4.22. The summed E-state index contributed by atoms with van der Waals surface area (Å²) in [5.41, 5.74) is 8.72. The SMILES string of the molecule is COc1cccc(-c2nc3c(C(=O)NC4CCC(N)CC4)cccn3c2NC(C)(C)C)c1. The van der Waals surface area contributed by atoms with Crippen molar-refractivity contribution in [3.63, 3.8) is 0 Å². The Labute approximate surface area is 189 Å².